The summed E-state index contributed by atoms with van der Waals surface area (Å²) in [7, 11) is 0. The normalized spacial score (nSPS) is 32.6. The lowest BCUT2D eigenvalue weighted by molar-refractivity contribution is 0.273. The summed E-state index contributed by atoms with van der Waals surface area (Å²) in [6, 6.07) is 1.39. The zero-order chi connectivity index (χ0) is 11.4. The van der Waals surface area contributed by atoms with Gasteiger partial charge in [0.2, 0.25) is 0 Å². The average molecular weight is 225 g/mol. The Morgan fingerprint density at radius 3 is 2.69 bits per heavy atom. The Hall–Kier alpha value is -0.0800. The van der Waals surface area contributed by atoms with Gasteiger partial charge in [0, 0.05) is 18.7 Å². The molecule has 0 aliphatic heterocycles. The van der Waals surface area contributed by atoms with Crippen LogP contribution in [0.1, 0.15) is 58.3 Å². The van der Waals surface area contributed by atoms with Crippen molar-refractivity contribution in [2.75, 3.05) is 6.61 Å². The number of nitrogens with one attached hydrogen (secondary N) is 1. The van der Waals surface area contributed by atoms with Crippen LogP contribution < -0.4 is 5.32 Å². The molecular weight excluding hydrogens is 198 g/mol. The molecule has 2 heteroatoms. The maximum atomic E-state index is 8.79. The van der Waals surface area contributed by atoms with Gasteiger partial charge < -0.3 is 10.4 Å². The van der Waals surface area contributed by atoms with Crippen LogP contribution in [-0.4, -0.2) is 23.8 Å². The molecule has 0 aromatic carbocycles. The van der Waals surface area contributed by atoms with Crippen LogP contribution >= 0.6 is 0 Å². The third kappa shape index (κ3) is 3.46. The molecule has 0 radical (unpaired) electrons. The van der Waals surface area contributed by atoms with Crippen molar-refractivity contribution in [3.05, 3.63) is 0 Å². The fraction of sp³-hybridized carbons (Fsp3) is 1.00. The Kier molecular flexibility index (Phi) is 4.66. The van der Waals surface area contributed by atoms with Gasteiger partial charge in [-0.1, -0.05) is 32.1 Å². The van der Waals surface area contributed by atoms with Crippen LogP contribution in [0.15, 0.2) is 0 Å². The molecule has 0 aromatic rings. The molecule has 2 nitrogen and oxygen atoms in total. The van der Waals surface area contributed by atoms with Gasteiger partial charge in [-0.2, -0.15) is 0 Å². The first-order valence-corrected chi connectivity index (χ1v) is 7.18. The molecular formula is C14H27NO. The smallest absolute Gasteiger partial charge is 0.0431 e. The highest BCUT2D eigenvalue weighted by Gasteiger charge is 2.42. The van der Waals surface area contributed by atoms with Crippen molar-refractivity contribution < 1.29 is 5.11 Å². The van der Waals surface area contributed by atoms with E-state index in [1.54, 1.807) is 0 Å². The zero-order valence-electron chi connectivity index (χ0n) is 10.6. The number of rotatable bonds is 6. The van der Waals surface area contributed by atoms with E-state index in [0.717, 1.165) is 30.7 Å². The third-order valence-corrected chi connectivity index (χ3v) is 4.39. The summed E-state index contributed by atoms with van der Waals surface area (Å²) >= 11 is 0. The van der Waals surface area contributed by atoms with Crippen molar-refractivity contribution in [3.8, 4) is 0 Å². The molecule has 2 fully saturated rings. The molecule has 94 valence electrons. The second-order valence-corrected chi connectivity index (χ2v) is 5.84. The first kappa shape index (κ1) is 12.4. The Balaban J connectivity index is 1.62. The quantitative estimate of drug-likeness (QED) is 0.728. The fourth-order valence-electron chi connectivity index (χ4n) is 3.34. The Morgan fingerprint density at radius 1 is 1.25 bits per heavy atom. The molecule has 3 unspecified atom stereocenters. The van der Waals surface area contributed by atoms with Crippen molar-refractivity contribution in [3.63, 3.8) is 0 Å². The minimum atomic E-state index is 0.336. The standard InChI is InChI=1S/C14H27NO/c1-11(6-5-9-16)15-14-10-13(14)12-7-3-2-4-8-12/h11-16H,2-10H2,1H3. The van der Waals surface area contributed by atoms with E-state index in [4.69, 9.17) is 5.11 Å². The molecule has 0 aromatic heterocycles. The molecule has 0 saturated heterocycles. The van der Waals surface area contributed by atoms with Crippen LogP contribution in [0.2, 0.25) is 0 Å². The lowest BCUT2D eigenvalue weighted by atomic mass is 9.85. The summed E-state index contributed by atoms with van der Waals surface area (Å²) in [5, 5.41) is 12.5. The van der Waals surface area contributed by atoms with Gasteiger partial charge in [-0.15, -0.1) is 0 Å². The molecule has 0 spiro atoms. The number of hydrogen-bond acceptors (Lipinski definition) is 2. The van der Waals surface area contributed by atoms with Gasteiger partial charge in [-0.3, -0.25) is 0 Å². The third-order valence-electron chi connectivity index (χ3n) is 4.39. The Morgan fingerprint density at radius 2 is 2.00 bits per heavy atom. The molecule has 2 saturated carbocycles. The van der Waals surface area contributed by atoms with Crippen molar-refractivity contribution in [1.29, 1.82) is 0 Å². The van der Waals surface area contributed by atoms with E-state index in [0.29, 0.717) is 12.6 Å². The summed E-state index contributed by atoms with van der Waals surface area (Å²) in [6.07, 6.45) is 10.8. The summed E-state index contributed by atoms with van der Waals surface area (Å²) < 4.78 is 0. The van der Waals surface area contributed by atoms with Crippen molar-refractivity contribution in [2.24, 2.45) is 11.8 Å². The van der Waals surface area contributed by atoms with Crippen molar-refractivity contribution >= 4 is 0 Å². The minimum Gasteiger partial charge on any atom is -0.396 e. The lowest BCUT2D eigenvalue weighted by Crippen LogP contribution is -2.30. The van der Waals surface area contributed by atoms with E-state index in [1.807, 2.05) is 0 Å². The van der Waals surface area contributed by atoms with Crippen LogP contribution in [0.4, 0.5) is 0 Å². The van der Waals surface area contributed by atoms with Crippen LogP contribution in [-0.2, 0) is 0 Å². The molecule has 2 N–H and O–H groups in total. The molecule has 0 heterocycles. The summed E-state index contributed by atoms with van der Waals surface area (Å²) in [6.45, 7) is 2.59. The summed E-state index contributed by atoms with van der Waals surface area (Å²) in [4.78, 5) is 0. The second-order valence-electron chi connectivity index (χ2n) is 5.84. The average Bonchev–Trinajstić information content (AvgIpc) is 3.07. The highest BCUT2D eigenvalue weighted by atomic mass is 16.2. The summed E-state index contributed by atoms with van der Waals surface area (Å²) in [5.41, 5.74) is 0. The Labute approximate surface area is 99.8 Å². The van der Waals surface area contributed by atoms with E-state index < -0.39 is 0 Å². The monoisotopic (exact) mass is 225 g/mol. The molecule has 2 rings (SSSR count). The predicted molar refractivity (Wildman–Crippen MR) is 67.4 cm³/mol. The van der Waals surface area contributed by atoms with E-state index in [-0.39, 0.29) is 0 Å². The van der Waals surface area contributed by atoms with Gasteiger partial charge in [0.05, 0.1) is 0 Å². The maximum Gasteiger partial charge on any atom is 0.0431 e. The van der Waals surface area contributed by atoms with Crippen LogP contribution in [0.3, 0.4) is 0 Å². The largest absolute Gasteiger partial charge is 0.396 e. The molecule has 0 bridgehead atoms. The zero-order valence-corrected chi connectivity index (χ0v) is 10.6. The molecule has 16 heavy (non-hydrogen) atoms. The van der Waals surface area contributed by atoms with Crippen molar-refractivity contribution in [2.45, 2.75) is 70.4 Å². The first-order chi connectivity index (χ1) is 7.81. The highest BCUT2D eigenvalue weighted by Crippen LogP contribution is 2.44. The van der Waals surface area contributed by atoms with E-state index in [2.05, 4.69) is 12.2 Å². The van der Waals surface area contributed by atoms with Gasteiger partial charge in [0.15, 0.2) is 0 Å². The number of aliphatic hydroxyl groups excluding tert-OH is 1. The van der Waals surface area contributed by atoms with E-state index in [9.17, 15) is 0 Å². The Bertz CT molecular complexity index is 201. The molecule has 3 atom stereocenters. The topological polar surface area (TPSA) is 32.3 Å². The van der Waals surface area contributed by atoms with Gasteiger partial charge >= 0.3 is 0 Å². The van der Waals surface area contributed by atoms with Gasteiger partial charge in [0.1, 0.15) is 0 Å². The van der Waals surface area contributed by atoms with Gasteiger partial charge in [0.25, 0.3) is 0 Å². The maximum absolute atomic E-state index is 8.79. The molecule has 0 amide bonds. The van der Waals surface area contributed by atoms with Crippen LogP contribution in [0.25, 0.3) is 0 Å². The SMILES string of the molecule is CC(CCCO)NC1CC1C1CCCCC1. The van der Waals surface area contributed by atoms with Gasteiger partial charge in [-0.05, 0) is 38.0 Å². The van der Waals surface area contributed by atoms with E-state index in [1.165, 1.54) is 38.5 Å². The highest BCUT2D eigenvalue weighted by molar-refractivity contribution is 4.98. The van der Waals surface area contributed by atoms with E-state index >= 15 is 0 Å². The second kappa shape index (κ2) is 6.02. The summed E-state index contributed by atoms with van der Waals surface area (Å²) in [5.74, 6) is 2.01. The van der Waals surface area contributed by atoms with Crippen molar-refractivity contribution in [1.82, 2.24) is 5.32 Å². The van der Waals surface area contributed by atoms with Crippen LogP contribution in [0, 0.1) is 11.8 Å². The van der Waals surface area contributed by atoms with Gasteiger partial charge in [-0.25, -0.2) is 0 Å². The minimum absolute atomic E-state index is 0.336. The predicted octanol–water partition coefficient (Wildman–Crippen LogP) is 2.71. The fourth-order valence-corrected chi connectivity index (χ4v) is 3.34. The molecule has 2 aliphatic rings. The van der Waals surface area contributed by atoms with Crippen LogP contribution in [0.5, 0.6) is 0 Å². The first-order valence-electron chi connectivity index (χ1n) is 7.18. The number of hydrogen-bond donors (Lipinski definition) is 2. The number of aliphatic hydroxyl groups is 1. The lowest BCUT2D eigenvalue weighted by Gasteiger charge is -2.22. The molecule has 2 aliphatic carbocycles.